The van der Waals surface area contributed by atoms with Gasteiger partial charge in [-0.15, -0.1) is 0 Å². The molecule has 0 saturated carbocycles. The first-order valence-corrected chi connectivity index (χ1v) is 5.65. The zero-order valence-electron chi connectivity index (χ0n) is 10.6. The number of benzene rings is 1. The van der Waals surface area contributed by atoms with Crippen LogP contribution in [0.1, 0.15) is 22.0 Å². The van der Waals surface area contributed by atoms with Crippen LogP contribution in [0.15, 0.2) is 30.6 Å². The Morgan fingerprint density at radius 3 is 2.79 bits per heavy atom. The SMILES string of the molecule is COc1ccc(C(=O)C(N)c2cnn(C)c2)cc1F. The molecule has 0 radical (unpaired) electrons. The summed E-state index contributed by atoms with van der Waals surface area (Å²) in [4.78, 5) is 12.1. The van der Waals surface area contributed by atoms with E-state index in [2.05, 4.69) is 5.10 Å². The molecule has 1 atom stereocenters. The zero-order valence-corrected chi connectivity index (χ0v) is 10.6. The van der Waals surface area contributed by atoms with Crippen molar-refractivity contribution < 1.29 is 13.9 Å². The van der Waals surface area contributed by atoms with Gasteiger partial charge in [0.25, 0.3) is 0 Å². The lowest BCUT2D eigenvalue weighted by molar-refractivity contribution is 0.0961. The topological polar surface area (TPSA) is 70.1 Å². The van der Waals surface area contributed by atoms with Crippen LogP contribution >= 0.6 is 0 Å². The van der Waals surface area contributed by atoms with Gasteiger partial charge in [-0.1, -0.05) is 0 Å². The summed E-state index contributed by atoms with van der Waals surface area (Å²) in [5.41, 5.74) is 6.64. The van der Waals surface area contributed by atoms with Crippen molar-refractivity contribution in [2.45, 2.75) is 6.04 Å². The van der Waals surface area contributed by atoms with Gasteiger partial charge in [-0.2, -0.15) is 5.10 Å². The van der Waals surface area contributed by atoms with Gasteiger partial charge in [-0.25, -0.2) is 4.39 Å². The molecule has 0 spiro atoms. The lowest BCUT2D eigenvalue weighted by Crippen LogP contribution is -2.21. The van der Waals surface area contributed by atoms with Gasteiger partial charge in [-0.3, -0.25) is 9.48 Å². The maximum absolute atomic E-state index is 13.5. The predicted molar refractivity (Wildman–Crippen MR) is 67.4 cm³/mol. The summed E-state index contributed by atoms with van der Waals surface area (Å²) >= 11 is 0. The number of methoxy groups -OCH3 is 1. The maximum atomic E-state index is 13.5. The van der Waals surface area contributed by atoms with E-state index < -0.39 is 11.9 Å². The first-order chi connectivity index (χ1) is 9.02. The van der Waals surface area contributed by atoms with Gasteiger partial charge in [0.1, 0.15) is 0 Å². The van der Waals surface area contributed by atoms with Crippen LogP contribution in [0.5, 0.6) is 5.75 Å². The number of ketones is 1. The molecule has 0 aliphatic rings. The maximum Gasteiger partial charge on any atom is 0.184 e. The van der Waals surface area contributed by atoms with E-state index in [1.807, 2.05) is 0 Å². The summed E-state index contributed by atoms with van der Waals surface area (Å²) in [7, 11) is 3.09. The number of aryl methyl sites for hydroxylation is 1. The molecule has 2 rings (SSSR count). The number of hydrogen-bond acceptors (Lipinski definition) is 4. The Labute approximate surface area is 109 Å². The van der Waals surface area contributed by atoms with Gasteiger partial charge >= 0.3 is 0 Å². The van der Waals surface area contributed by atoms with Crippen molar-refractivity contribution in [3.8, 4) is 5.75 Å². The Kier molecular flexibility index (Phi) is 3.62. The fraction of sp³-hybridized carbons (Fsp3) is 0.231. The molecule has 6 heteroatoms. The molecule has 1 heterocycles. The molecule has 1 unspecified atom stereocenters. The molecule has 0 fully saturated rings. The molecule has 5 nitrogen and oxygen atoms in total. The first kappa shape index (κ1) is 13.2. The third-order valence-corrected chi connectivity index (χ3v) is 2.80. The summed E-state index contributed by atoms with van der Waals surface area (Å²) in [6.07, 6.45) is 3.17. The van der Waals surface area contributed by atoms with Crippen molar-refractivity contribution in [3.63, 3.8) is 0 Å². The number of carbonyl (C=O) groups excluding carboxylic acids is 1. The van der Waals surface area contributed by atoms with Crippen LogP contribution in [-0.2, 0) is 7.05 Å². The highest BCUT2D eigenvalue weighted by Crippen LogP contribution is 2.21. The number of aromatic nitrogens is 2. The predicted octanol–water partition coefficient (Wildman–Crippen LogP) is 1.45. The van der Waals surface area contributed by atoms with Gasteiger partial charge in [0.15, 0.2) is 17.3 Å². The summed E-state index contributed by atoms with van der Waals surface area (Å²) in [6, 6.07) is 3.15. The third kappa shape index (κ3) is 2.63. The molecule has 1 aromatic heterocycles. The van der Waals surface area contributed by atoms with Crippen LogP contribution in [0.2, 0.25) is 0 Å². The van der Waals surface area contributed by atoms with Crippen molar-refractivity contribution in [2.75, 3.05) is 7.11 Å². The standard InChI is InChI=1S/C13H14FN3O2/c1-17-7-9(6-16-17)12(15)13(18)8-3-4-11(19-2)10(14)5-8/h3-7,12H,15H2,1-2H3. The minimum Gasteiger partial charge on any atom is -0.494 e. The molecule has 100 valence electrons. The van der Waals surface area contributed by atoms with Gasteiger partial charge in [0, 0.05) is 24.4 Å². The van der Waals surface area contributed by atoms with E-state index in [-0.39, 0.29) is 17.1 Å². The number of hydrogen-bond donors (Lipinski definition) is 1. The van der Waals surface area contributed by atoms with Gasteiger partial charge in [-0.05, 0) is 18.2 Å². The molecule has 0 aliphatic carbocycles. The van der Waals surface area contributed by atoms with Crippen LogP contribution in [0.3, 0.4) is 0 Å². The smallest absolute Gasteiger partial charge is 0.184 e. The minimum atomic E-state index is -0.860. The second-order valence-electron chi connectivity index (χ2n) is 4.14. The highest BCUT2D eigenvalue weighted by molar-refractivity contribution is 6.00. The van der Waals surface area contributed by atoms with Crippen molar-refractivity contribution in [1.82, 2.24) is 9.78 Å². The van der Waals surface area contributed by atoms with Gasteiger partial charge < -0.3 is 10.5 Å². The number of rotatable bonds is 4. The van der Waals surface area contributed by atoms with Crippen LogP contribution in [0.4, 0.5) is 4.39 Å². The Hall–Kier alpha value is -2.21. The van der Waals surface area contributed by atoms with Crippen LogP contribution < -0.4 is 10.5 Å². The normalized spacial score (nSPS) is 12.2. The molecule has 2 N–H and O–H groups in total. The van der Waals surface area contributed by atoms with E-state index in [1.54, 1.807) is 17.9 Å². The molecule has 19 heavy (non-hydrogen) atoms. The summed E-state index contributed by atoms with van der Waals surface area (Å²) in [5.74, 6) is -0.868. The van der Waals surface area contributed by atoms with E-state index >= 15 is 0 Å². The Morgan fingerprint density at radius 2 is 2.26 bits per heavy atom. The number of Topliss-reactive ketones (excluding diaryl/α,β-unsaturated/α-hetero) is 1. The monoisotopic (exact) mass is 263 g/mol. The average Bonchev–Trinajstić information content (AvgIpc) is 2.83. The number of nitrogens with zero attached hydrogens (tertiary/aromatic N) is 2. The molecule has 0 amide bonds. The second-order valence-corrected chi connectivity index (χ2v) is 4.14. The summed E-state index contributed by atoms with van der Waals surface area (Å²) < 4.78 is 19.9. The highest BCUT2D eigenvalue weighted by atomic mass is 19.1. The number of carbonyl (C=O) groups is 1. The van der Waals surface area contributed by atoms with Crippen molar-refractivity contribution >= 4 is 5.78 Å². The molecule has 1 aromatic carbocycles. The highest BCUT2D eigenvalue weighted by Gasteiger charge is 2.20. The van der Waals surface area contributed by atoms with Crippen LogP contribution in [-0.4, -0.2) is 22.7 Å². The largest absolute Gasteiger partial charge is 0.494 e. The number of halogens is 1. The second kappa shape index (κ2) is 5.19. The molecule has 2 aromatic rings. The van der Waals surface area contributed by atoms with E-state index in [0.29, 0.717) is 5.56 Å². The molecule has 0 saturated heterocycles. The van der Waals surface area contributed by atoms with Gasteiger partial charge in [0.2, 0.25) is 0 Å². The van der Waals surface area contributed by atoms with Crippen LogP contribution in [0, 0.1) is 5.82 Å². The average molecular weight is 263 g/mol. The Bertz CT molecular complexity index is 610. The minimum absolute atomic E-state index is 0.0894. The van der Waals surface area contributed by atoms with Crippen molar-refractivity contribution in [3.05, 3.63) is 47.5 Å². The summed E-state index contributed by atoms with van der Waals surface area (Å²) in [6.45, 7) is 0. The van der Waals surface area contributed by atoms with E-state index in [9.17, 15) is 9.18 Å². The van der Waals surface area contributed by atoms with Crippen molar-refractivity contribution in [2.24, 2.45) is 12.8 Å². The Balaban J connectivity index is 2.26. The molecular weight excluding hydrogens is 249 g/mol. The molecule has 0 aliphatic heterocycles. The van der Waals surface area contributed by atoms with E-state index in [0.717, 1.165) is 6.07 Å². The third-order valence-electron chi connectivity index (χ3n) is 2.80. The fourth-order valence-electron chi connectivity index (χ4n) is 1.75. The van der Waals surface area contributed by atoms with Crippen LogP contribution in [0.25, 0.3) is 0 Å². The quantitative estimate of drug-likeness (QED) is 0.848. The number of ether oxygens (including phenoxy) is 1. The first-order valence-electron chi connectivity index (χ1n) is 5.65. The van der Waals surface area contributed by atoms with E-state index in [1.165, 1.54) is 25.4 Å². The molecule has 0 bridgehead atoms. The zero-order chi connectivity index (χ0) is 14.0. The lowest BCUT2D eigenvalue weighted by Gasteiger charge is -2.09. The molecular formula is C13H14FN3O2. The fourth-order valence-corrected chi connectivity index (χ4v) is 1.75. The summed E-state index contributed by atoms with van der Waals surface area (Å²) in [5, 5.41) is 3.95. The Morgan fingerprint density at radius 1 is 1.53 bits per heavy atom. The van der Waals surface area contributed by atoms with Gasteiger partial charge in [0.05, 0.1) is 19.3 Å². The van der Waals surface area contributed by atoms with E-state index in [4.69, 9.17) is 10.5 Å². The van der Waals surface area contributed by atoms with Crippen molar-refractivity contribution in [1.29, 1.82) is 0 Å². The number of nitrogens with two attached hydrogens (primary N) is 1. The lowest BCUT2D eigenvalue weighted by atomic mass is 10.0.